The number of benzene rings is 2. The van der Waals surface area contributed by atoms with Crippen LogP contribution in [-0.2, 0) is 11.2 Å². The van der Waals surface area contributed by atoms with Crippen molar-refractivity contribution in [2.24, 2.45) is 5.92 Å². The largest absolute Gasteiger partial charge is 0.361 e. The summed E-state index contributed by atoms with van der Waals surface area (Å²) in [7, 11) is 0. The van der Waals surface area contributed by atoms with E-state index in [-0.39, 0.29) is 17.9 Å². The third kappa shape index (κ3) is 4.46. The molecule has 2 atom stereocenters. The Bertz CT molecular complexity index is 1040. The number of halogens is 1. The molecule has 5 nitrogen and oxygen atoms in total. The molecule has 1 aliphatic carbocycles. The van der Waals surface area contributed by atoms with Crippen LogP contribution in [0, 0.1) is 5.92 Å². The number of aromatic nitrogens is 1. The smallest absolute Gasteiger partial charge is 0.253 e. The van der Waals surface area contributed by atoms with Crippen LogP contribution in [0.4, 0.5) is 0 Å². The number of hydrogen-bond donors (Lipinski definition) is 3. The van der Waals surface area contributed by atoms with Crippen LogP contribution in [0.15, 0.2) is 54.7 Å². The zero-order valence-corrected chi connectivity index (χ0v) is 17.0. The van der Waals surface area contributed by atoms with Crippen molar-refractivity contribution in [3.63, 3.8) is 0 Å². The molecule has 4 rings (SSSR count). The average Bonchev–Trinajstić information content (AvgIpc) is 3.49. The normalized spacial score (nSPS) is 15.7. The Labute approximate surface area is 174 Å². The molecule has 0 saturated heterocycles. The Hall–Kier alpha value is -2.79. The maximum absolute atomic E-state index is 13.0. The predicted molar refractivity (Wildman–Crippen MR) is 115 cm³/mol. The molecule has 29 heavy (non-hydrogen) atoms. The second kappa shape index (κ2) is 8.29. The lowest BCUT2D eigenvalue weighted by Gasteiger charge is -2.21. The quantitative estimate of drug-likeness (QED) is 0.550. The lowest BCUT2D eigenvalue weighted by atomic mass is 10.0. The van der Waals surface area contributed by atoms with Gasteiger partial charge >= 0.3 is 0 Å². The summed E-state index contributed by atoms with van der Waals surface area (Å²) in [6, 6.07) is 14.2. The van der Waals surface area contributed by atoms with Crippen LogP contribution in [0.25, 0.3) is 10.9 Å². The molecular weight excluding hydrogens is 386 g/mol. The van der Waals surface area contributed by atoms with Gasteiger partial charge in [0.1, 0.15) is 6.04 Å². The van der Waals surface area contributed by atoms with Crippen molar-refractivity contribution >= 4 is 34.3 Å². The Balaban J connectivity index is 1.57. The molecule has 2 unspecified atom stereocenters. The third-order valence-electron chi connectivity index (χ3n) is 5.54. The van der Waals surface area contributed by atoms with Gasteiger partial charge in [-0.25, -0.2) is 0 Å². The number of hydrogen-bond acceptors (Lipinski definition) is 2. The lowest BCUT2D eigenvalue weighted by Crippen LogP contribution is -2.50. The van der Waals surface area contributed by atoms with Gasteiger partial charge in [-0.1, -0.05) is 41.9 Å². The third-order valence-corrected chi connectivity index (χ3v) is 5.87. The summed E-state index contributed by atoms with van der Waals surface area (Å²) in [5.74, 6) is 0.0108. The second-order valence-electron chi connectivity index (χ2n) is 7.70. The van der Waals surface area contributed by atoms with Gasteiger partial charge in [-0.15, -0.1) is 0 Å². The van der Waals surface area contributed by atoms with Crippen molar-refractivity contribution < 1.29 is 9.59 Å². The number of nitrogens with one attached hydrogen (secondary N) is 3. The van der Waals surface area contributed by atoms with Crippen LogP contribution in [0.1, 0.15) is 35.7 Å². The van der Waals surface area contributed by atoms with E-state index in [2.05, 4.69) is 15.6 Å². The number of amides is 2. The highest BCUT2D eigenvalue weighted by atomic mass is 35.5. The summed E-state index contributed by atoms with van der Waals surface area (Å²) in [4.78, 5) is 29.1. The Kier molecular flexibility index (Phi) is 5.58. The standard InChI is InChI=1S/C23H24ClN3O2/c1-14(15-10-11-15)26-23(29)21(27-22(28)18-7-2-4-8-19(18)24)12-16-13-25-20-9-5-3-6-17(16)20/h2-9,13-15,21,25H,10-12H2,1H3,(H,26,29)(H,27,28). The number of carbonyl (C=O) groups is 2. The first kappa shape index (κ1) is 19.5. The van der Waals surface area contributed by atoms with Crippen molar-refractivity contribution in [1.29, 1.82) is 0 Å². The number of rotatable bonds is 7. The summed E-state index contributed by atoms with van der Waals surface area (Å²) in [6.07, 6.45) is 4.57. The molecule has 0 bridgehead atoms. The first-order valence-corrected chi connectivity index (χ1v) is 10.3. The van der Waals surface area contributed by atoms with E-state index in [0.29, 0.717) is 22.9 Å². The molecule has 1 saturated carbocycles. The lowest BCUT2D eigenvalue weighted by molar-refractivity contribution is -0.123. The molecule has 150 valence electrons. The van der Waals surface area contributed by atoms with Gasteiger partial charge in [-0.3, -0.25) is 9.59 Å². The summed E-state index contributed by atoms with van der Waals surface area (Å²) in [5, 5.41) is 7.38. The molecule has 1 aliphatic rings. The van der Waals surface area contributed by atoms with E-state index < -0.39 is 6.04 Å². The summed E-state index contributed by atoms with van der Waals surface area (Å²) in [5.41, 5.74) is 2.35. The molecule has 3 aromatic rings. The molecule has 1 fully saturated rings. The van der Waals surface area contributed by atoms with Crippen LogP contribution in [0.5, 0.6) is 0 Å². The van der Waals surface area contributed by atoms with E-state index in [1.165, 1.54) is 0 Å². The van der Waals surface area contributed by atoms with Crippen LogP contribution in [0.2, 0.25) is 5.02 Å². The molecule has 1 heterocycles. The van der Waals surface area contributed by atoms with Gasteiger partial charge in [-0.2, -0.15) is 0 Å². The van der Waals surface area contributed by atoms with Crippen molar-refractivity contribution in [2.75, 3.05) is 0 Å². The van der Waals surface area contributed by atoms with Gasteiger partial charge in [0.05, 0.1) is 10.6 Å². The van der Waals surface area contributed by atoms with Crippen molar-refractivity contribution in [3.05, 3.63) is 70.9 Å². The van der Waals surface area contributed by atoms with Crippen LogP contribution in [0.3, 0.4) is 0 Å². The van der Waals surface area contributed by atoms with E-state index in [1.54, 1.807) is 24.3 Å². The van der Waals surface area contributed by atoms with Gasteiger partial charge < -0.3 is 15.6 Å². The SMILES string of the molecule is CC(NC(=O)C(Cc1c[nH]c2ccccc12)NC(=O)c1ccccc1Cl)C1CC1. The van der Waals surface area contributed by atoms with E-state index in [4.69, 9.17) is 11.6 Å². The van der Waals surface area contributed by atoms with Gasteiger partial charge in [0.25, 0.3) is 5.91 Å². The maximum Gasteiger partial charge on any atom is 0.253 e. The molecule has 1 aromatic heterocycles. The molecule has 6 heteroatoms. The number of para-hydroxylation sites is 1. The zero-order chi connectivity index (χ0) is 20.4. The number of H-pyrrole nitrogens is 1. The molecule has 0 aliphatic heterocycles. The highest BCUT2D eigenvalue weighted by molar-refractivity contribution is 6.33. The predicted octanol–water partition coefficient (Wildman–Crippen LogP) is 4.08. The monoisotopic (exact) mass is 409 g/mol. The van der Waals surface area contributed by atoms with Gasteiger partial charge in [0.15, 0.2) is 0 Å². The van der Waals surface area contributed by atoms with Gasteiger partial charge in [0.2, 0.25) is 5.91 Å². The fraction of sp³-hybridized carbons (Fsp3) is 0.304. The van der Waals surface area contributed by atoms with Crippen molar-refractivity contribution in [1.82, 2.24) is 15.6 Å². The average molecular weight is 410 g/mol. The topological polar surface area (TPSA) is 74.0 Å². The molecule has 3 N–H and O–H groups in total. The maximum atomic E-state index is 13.0. The first-order valence-electron chi connectivity index (χ1n) is 9.93. The van der Waals surface area contributed by atoms with Crippen molar-refractivity contribution in [3.8, 4) is 0 Å². The molecule has 2 aromatic carbocycles. The molecule has 0 spiro atoms. The number of carbonyl (C=O) groups excluding carboxylic acids is 2. The van der Waals surface area contributed by atoms with Crippen molar-refractivity contribution in [2.45, 2.75) is 38.3 Å². The van der Waals surface area contributed by atoms with Gasteiger partial charge in [-0.05, 0) is 49.4 Å². The summed E-state index contributed by atoms with van der Waals surface area (Å²) < 4.78 is 0. The van der Waals surface area contributed by atoms with Crippen LogP contribution < -0.4 is 10.6 Å². The second-order valence-corrected chi connectivity index (χ2v) is 8.11. The number of fused-ring (bicyclic) bond motifs is 1. The van der Waals surface area contributed by atoms with Crippen LogP contribution >= 0.6 is 11.6 Å². The minimum absolute atomic E-state index is 0.102. The minimum Gasteiger partial charge on any atom is -0.361 e. The summed E-state index contributed by atoms with van der Waals surface area (Å²) in [6.45, 7) is 2.02. The fourth-order valence-electron chi connectivity index (χ4n) is 3.65. The number of aromatic amines is 1. The Morgan fingerprint density at radius 3 is 2.59 bits per heavy atom. The Morgan fingerprint density at radius 2 is 1.83 bits per heavy atom. The highest BCUT2D eigenvalue weighted by Gasteiger charge is 2.31. The van der Waals surface area contributed by atoms with E-state index in [1.807, 2.05) is 37.4 Å². The molecule has 0 radical (unpaired) electrons. The summed E-state index contributed by atoms with van der Waals surface area (Å²) >= 11 is 6.17. The van der Waals surface area contributed by atoms with Crippen LogP contribution in [-0.4, -0.2) is 28.9 Å². The van der Waals surface area contributed by atoms with E-state index >= 15 is 0 Å². The first-order chi connectivity index (χ1) is 14.0. The highest BCUT2D eigenvalue weighted by Crippen LogP contribution is 2.32. The van der Waals surface area contributed by atoms with E-state index in [0.717, 1.165) is 29.3 Å². The van der Waals surface area contributed by atoms with E-state index in [9.17, 15) is 9.59 Å². The molecular formula is C23H24ClN3O2. The van der Waals surface area contributed by atoms with Gasteiger partial charge in [0, 0.05) is 29.6 Å². The minimum atomic E-state index is -0.695. The zero-order valence-electron chi connectivity index (χ0n) is 16.2. The Morgan fingerprint density at radius 1 is 1.10 bits per heavy atom. The molecule has 2 amide bonds. The fourth-order valence-corrected chi connectivity index (χ4v) is 3.87.